The van der Waals surface area contributed by atoms with Gasteiger partial charge in [-0.1, -0.05) is 6.92 Å². The van der Waals surface area contributed by atoms with Gasteiger partial charge in [-0.05, 0) is 24.5 Å². The Morgan fingerprint density at radius 2 is 2.47 bits per heavy atom. The van der Waals surface area contributed by atoms with Gasteiger partial charge in [0, 0.05) is 12.7 Å². The van der Waals surface area contributed by atoms with Crippen LogP contribution >= 0.6 is 0 Å². The highest BCUT2D eigenvalue weighted by atomic mass is 16.4. The van der Waals surface area contributed by atoms with Gasteiger partial charge in [-0.15, -0.1) is 0 Å². The number of anilines is 1. The fourth-order valence-corrected chi connectivity index (χ4v) is 2.27. The van der Waals surface area contributed by atoms with E-state index in [-0.39, 0.29) is 5.92 Å². The summed E-state index contributed by atoms with van der Waals surface area (Å²) < 4.78 is 0. The second-order valence-electron chi connectivity index (χ2n) is 4.23. The molecular weight excluding hydrogens is 218 g/mol. The quantitative estimate of drug-likeness (QED) is 0.828. The zero-order valence-corrected chi connectivity index (χ0v) is 9.50. The lowest BCUT2D eigenvalue weighted by Gasteiger charge is -2.24. The third-order valence-electron chi connectivity index (χ3n) is 3.13. The Labute approximate surface area is 99.3 Å². The van der Waals surface area contributed by atoms with Crippen molar-refractivity contribution in [2.75, 3.05) is 11.4 Å². The number of rotatable bonds is 2. The van der Waals surface area contributed by atoms with Crippen molar-refractivity contribution in [3.05, 3.63) is 23.9 Å². The largest absolute Gasteiger partial charge is 0.480 e. The van der Waals surface area contributed by atoms with Crippen LogP contribution in [0.4, 0.5) is 5.82 Å². The van der Waals surface area contributed by atoms with Crippen LogP contribution in [0.2, 0.25) is 0 Å². The Morgan fingerprint density at radius 1 is 1.71 bits per heavy atom. The lowest BCUT2D eigenvalue weighted by atomic mass is 10.0. The van der Waals surface area contributed by atoms with Crippen LogP contribution in [0, 0.1) is 17.2 Å². The zero-order chi connectivity index (χ0) is 12.4. The van der Waals surface area contributed by atoms with Gasteiger partial charge >= 0.3 is 5.97 Å². The van der Waals surface area contributed by atoms with Crippen LogP contribution in [0.5, 0.6) is 0 Å². The molecular formula is C12H13N3O2. The van der Waals surface area contributed by atoms with Crippen molar-refractivity contribution in [2.24, 2.45) is 5.92 Å². The Hall–Kier alpha value is -2.09. The first-order valence-corrected chi connectivity index (χ1v) is 5.49. The van der Waals surface area contributed by atoms with Crippen LogP contribution in [0.15, 0.2) is 18.3 Å². The highest BCUT2D eigenvalue weighted by molar-refractivity contribution is 5.79. The fraction of sp³-hybridized carbons (Fsp3) is 0.417. The first kappa shape index (κ1) is 11.4. The van der Waals surface area contributed by atoms with Gasteiger partial charge in [-0.2, -0.15) is 5.26 Å². The molecule has 2 rings (SSSR count). The van der Waals surface area contributed by atoms with E-state index in [1.807, 2.05) is 13.0 Å². The number of nitriles is 1. The van der Waals surface area contributed by atoms with Gasteiger partial charge < -0.3 is 10.0 Å². The molecule has 17 heavy (non-hydrogen) atoms. The average Bonchev–Trinajstić information content (AvgIpc) is 2.71. The highest BCUT2D eigenvalue weighted by Crippen LogP contribution is 2.30. The molecule has 88 valence electrons. The standard InChI is InChI=1S/C12H13N3O2/c1-8-4-6-15(10(8)12(16)17)11-9(7-13)3-2-5-14-11/h2-3,5,8,10H,4,6H2,1H3,(H,16,17). The van der Waals surface area contributed by atoms with Gasteiger partial charge in [-0.25, -0.2) is 9.78 Å². The van der Waals surface area contributed by atoms with Gasteiger partial charge in [0.1, 0.15) is 17.9 Å². The summed E-state index contributed by atoms with van der Waals surface area (Å²) in [5.41, 5.74) is 0.424. The minimum atomic E-state index is -0.857. The van der Waals surface area contributed by atoms with E-state index in [2.05, 4.69) is 4.98 Å². The number of hydrogen-bond acceptors (Lipinski definition) is 4. The van der Waals surface area contributed by atoms with Crippen molar-refractivity contribution in [3.63, 3.8) is 0 Å². The first-order chi connectivity index (χ1) is 8.15. The third-order valence-corrected chi connectivity index (χ3v) is 3.13. The molecule has 5 nitrogen and oxygen atoms in total. The van der Waals surface area contributed by atoms with Crippen molar-refractivity contribution in [3.8, 4) is 6.07 Å². The summed E-state index contributed by atoms with van der Waals surface area (Å²) in [4.78, 5) is 17.1. The van der Waals surface area contributed by atoms with E-state index in [4.69, 9.17) is 5.26 Å². The minimum Gasteiger partial charge on any atom is -0.480 e. The summed E-state index contributed by atoms with van der Waals surface area (Å²) in [5.74, 6) is -0.308. The van der Waals surface area contributed by atoms with Crippen LogP contribution in [0.1, 0.15) is 18.9 Å². The molecule has 1 fully saturated rings. The first-order valence-electron chi connectivity index (χ1n) is 5.49. The van der Waals surface area contributed by atoms with E-state index < -0.39 is 12.0 Å². The Morgan fingerprint density at radius 3 is 3.12 bits per heavy atom. The van der Waals surface area contributed by atoms with E-state index in [1.165, 1.54) is 0 Å². The molecule has 1 N–H and O–H groups in total. The van der Waals surface area contributed by atoms with Crippen LogP contribution in [-0.2, 0) is 4.79 Å². The number of carboxylic acids is 1. The lowest BCUT2D eigenvalue weighted by Crippen LogP contribution is -2.39. The van der Waals surface area contributed by atoms with Gasteiger partial charge in [0.25, 0.3) is 0 Å². The molecule has 2 heterocycles. The number of nitrogens with zero attached hydrogens (tertiary/aromatic N) is 3. The van der Waals surface area contributed by atoms with E-state index in [0.29, 0.717) is 17.9 Å². The van der Waals surface area contributed by atoms with E-state index in [9.17, 15) is 9.90 Å². The molecule has 5 heteroatoms. The van der Waals surface area contributed by atoms with Gasteiger partial charge in [0.15, 0.2) is 0 Å². The number of carboxylic acid groups (broad SMARTS) is 1. The lowest BCUT2D eigenvalue weighted by molar-refractivity contribution is -0.139. The molecule has 0 spiro atoms. The van der Waals surface area contributed by atoms with Crippen molar-refractivity contribution in [1.82, 2.24) is 4.98 Å². The van der Waals surface area contributed by atoms with Crippen molar-refractivity contribution in [1.29, 1.82) is 5.26 Å². The Bertz CT molecular complexity index is 481. The molecule has 1 aromatic heterocycles. The Balaban J connectivity index is 2.40. The highest BCUT2D eigenvalue weighted by Gasteiger charge is 2.38. The number of aromatic nitrogens is 1. The summed E-state index contributed by atoms with van der Waals surface area (Å²) in [6.45, 7) is 2.54. The summed E-state index contributed by atoms with van der Waals surface area (Å²) in [6, 6.07) is 4.80. The molecule has 2 unspecified atom stereocenters. The summed E-state index contributed by atoms with van der Waals surface area (Å²) >= 11 is 0. The maximum Gasteiger partial charge on any atom is 0.326 e. The Kier molecular flexibility index (Phi) is 2.96. The predicted molar refractivity (Wildman–Crippen MR) is 61.5 cm³/mol. The monoisotopic (exact) mass is 231 g/mol. The molecule has 0 amide bonds. The van der Waals surface area contributed by atoms with Crippen LogP contribution in [0.25, 0.3) is 0 Å². The van der Waals surface area contributed by atoms with Crippen molar-refractivity contribution in [2.45, 2.75) is 19.4 Å². The van der Waals surface area contributed by atoms with E-state index in [1.54, 1.807) is 23.2 Å². The normalized spacial score (nSPS) is 23.4. The molecule has 1 aliphatic rings. The molecule has 0 aromatic carbocycles. The summed E-state index contributed by atoms with van der Waals surface area (Å²) in [5, 5.41) is 18.2. The molecule has 1 aliphatic heterocycles. The molecule has 1 saturated heterocycles. The van der Waals surface area contributed by atoms with Crippen molar-refractivity contribution < 1.29 is 9.90 Å². The average molecular weight is 231 g/mol. The smallest absolute Gasteiger partial charge is 0.326 e. The molecule has 2 atom stereocenters. The van der Waals surface area contributed by atoms with Gasteiger partial charge in [-0.3, -0.25) is 0 Å². The molecule has 0 aliphatic carbocycles. The number of carbonyl (C=O) groups is 1. The molecule has 0 radical (unpaired) electrons. The minimum absolute atomic E-state index is 0.0704. The van der Waals surface area contributed by atoms with Crippen LogP contribution in [0.3, 0.4) is 0 Å². The molecule has 0 saturated carbocycles. The van der Waals surface area contributed by atoms with Crippen LogP contribution in [-0.4, -0.2) is 28.6 Å². The second kappa shape index (κ2) is 4.42. The van der Waals surface area contributed by atoms with Crippen molar-refractivity contribution >= 4 is 11.8 Å². The third kappa shape index (κ3) is 1.94. The topological polar surface area (TPSA) is 77.2 Å². The van der Waals surface area contributed by atoms with Crippen LogP contribution < -0.4 is 4.90 Å². The SMILES string of the molecule is CC1CCN(c2ncccc2C#N)C1C(=O)O. The molecule has 1 aromatic rings. The molecule has 0 bridgehead atoms. The van der Waals surface area contributed by atoms with E-state index >= 15 is 0 Å². The maximum atomic E-state index is 11.2. The van der Waals surface area contributed by atoms with Gasteiger partial charge in [0.05, 0.1) is 5.56 Å². The summed E-state index contributed by atoms with van der Waals surface area (Å²) in [7, 11) is 0. The number of hydrogen-bond donors (Lipinski definition) is 1. The summed E-state index contributed by atoms with van der Waals surface area (Å²) in [6.07, 6.45) is 2.39. The van der Waals surface area contributed by atoms with Gasteiger partial charge in [0.2, 0.25) is 0 Å². The maximum absolute atomic E-state index is 11.2. The second-order valence-corrected chi connectivity index (χ2v) is 4.23. The number of aliphatic carboxylic acids is 1. The zero-order valence-electron chi connectivity index (χ0n) is 9.50. The predicted octanol–water partition coefficient (Wildman–Crippen LogP) is 1.25. The fourth-order valence-electron chi connectivity index (χ4n) is 2.27. The van der Waals surface area contributed by atoms with E-state index in [0.717, 1.165) is 6.42 Å². The number of pyridine rings is 1.